The number of tetrazole rings is 1. The van der Waals surface area contributed by atoms with Crippen LogP contribution in [-0.2, 0) is 14.1 Å². The molecule has 0 unspecified atom stereocenters. The molecule has 12 heteroatoms. The van der Waals surface area contributed by atoms with Gasteiger partial charge in [0.25, 0.3) is 11.5 Å². The Balaban J connectivity index is 2.12. The van der Waals surface area contributed by atoms with Crippen LogP contribution in [-0.4, -0.2) is 45.4 Å². The molecule has 0 atom stereocenters. The normalized spacial score (nSPS) is 10.6. The second-order valence-electron chi connectivity index (χ2n) is 4.69. The molecule has 1 N–H and O–H groups in total. The molecule has 12 nitrogen and oxygen atoms in total. The summed E-state index contributed by atoms with van der Waals surface area (Å²) >= 11 is 0. The number of carbonyl (C=O) groups is 1. The number of carbonyl (C=O) groups excluding carboxylic acids is 1. The van der Waals surface area contributed by atoms with E-state index in [9.17, 15) is 14.4 Å². The highest BCUT2D eigenvalue weighted by molar-refractivity contribution is 6.01. The Kier molecular flexibility index (Phi) is 3.69. The first-order valence-electron chi connectivity index (χ1n) is 6.63. The molecule has 0 saturated carbocycles. The average Bonchev–Trinajstić information content (AvgIpc) is 2.97. The molecule has 3 aromatic heterocycles. The van der Waals surface area contributed by atoms with Crippen LogP contribution in [0.5, 0.6) is 0 Å². The first kappa shape index (κ1) is 15.2. The van der Waals surface area contributed by atoms with Crippen LogP contribution in [0.4, 0.5) is 5.95 Å². The van der Waals surface area contributed by atoms with Crippen molar-refractivity contribution >= 4 is 11.9 Å². The quantitative estimate of drug-likeness (QED) is 0.587. The molecule has 0 aliphatic heterocycles. The number of pyridine rings is 1. The van der Waals surface area contributed by atoms with Gasteiger partial charge in [-0.2, -0.15) is 5.10 Å². The summed E-state index contributed by atoms with van der Waals surface area (Å²) in [6, 6.07) is 3.08. The van der Waals surface area contributed by atoms with Crippen LogP contribution in [0.25, 0.3) is 5.69 Å². The number of hydrogen-bond acceptors (Lipinski definition) is 8. The molecule has 0 spiro atoms. The number of hydrogen-bond donors (Lipinski definition) is 1. The van der Waals surface area contributed by atoms with Gasteiger partial charge >= 0.3 is 5.69 Å². The molecule has 0 saturated heterocycles. The van der Waals surface area contributed by atoms with Crippen molar-refractivity contribution in [3.8, 4) is 5.69 Å². The second kappa shape index (κ2) is 5.83. The van der Waals surface area contributed by atoms with Gasteiger partial charge in [-0.1, -0.05) is 5.10 Å². The Hall–Kier alpha value is -3.70. The Morgan fingerprint density at radius 3 is 2.62 bits per heavy atom. The predicted molar refractivity (Wildman–Crippen MR) is 79.6 cm³/mol. The maximum absolute atomic E-state index is 12.5. The van der Waals surface area contributed by atoms with Gasteiger partial charge in [-0.25, -0.2) is 18.7 Å². The van der Waals surface area contributed by atoms with Crippen molar-refractivity contribution in [3.63, 3.8) is 0 Å². The summed E-state index contributed by atoms with van der Waals surface area (Å²) in [6.45, 7) is 0. The summed E-state index contributed by atoms with van der Waals surface area (Å²) < 4.78 is 2.90. The Morgan fingerprint density at radius 1 is 1.21 bits per heavy atom. The van der Waals surface area contributed by atoms with Gasteiger partial charge in [0.2, 0.25) is 11.6 Å². The summed E-state index contributed by atoms with van der Waals surface area (Å²) in [5.41, 5.74) is -1.84. The van der Waals surface area contributed by atoms with Crippen molar-refractivity contribution < 1.29 is 4.79 Å². The number of nitrogens with one attached hydrogen (secondary N) is 1. The van der Waals surface area contributed by atoms with Crippen LogP contribution in [0.2, 0.25) is 0 Å². The van der Waals surface area contributed by atoms with Crippen LogP contribution >= 0.6 is 0 Å². The fourth-order valence-electron chi connectivity index (χ4n) is 1.93. The topological polar surface area (TPSA) is 142 Å². The van der Waals surface area contributed by atoms with Crippen molar-refractivity contribution in [2.75, 3.05) is 5.32 Å². The van der Waals surface area contributed by atoms with Gasteiger partial charge in [-0.15, -0.1) is 0 Å². The lowest BCUT2D eigenvalue weighted by atomic mass is 10.3. The van der Waals surface area contributed by atoms with E-state index in [0.29, 0.717) is 0 Å². The number of anilines is 1. The van der Waals surface area contributed by atoms with Crippen LogP contribution in [0.15, 0.2) is 34.1 Å². The van der Waals surface area contributed by atoms with E-state index in [1.807, 2.05) is 0 Å². The third-order valence-electron chi connectivity index (χ3n) is 3.09. The Labute approximate surface area is 133 Å². The smallest absolute Gasteiger partial charge is 0.288 e. The summed E-state index contributed by atoms with van der Waals surface area (Å²) in [5.74, 6) is -0.811. The Bertz CT molecular complexity index is 1020. The molecule has 122 valence electrons. The van der Waals surface area contributed by atoms with Crippen LogP contribution in [0, 0.1) is 0 Å². The van der Waals surface area contributed by atoms with Crippen molar-refractivity contribution in [3.05, 3.63) is 51.1 Å². The highest BCUT2D eigenvalue weighted by Crippen LogP contribution is 2.01. The second-order valence-corrected chi connectivity index (χ2v) is 4.69. The van der Waals surface area contributed by atoms with Crippen molar-refractivity contribution in [1.29, 1.82) is 0 Å². The lowest BCUT2D eigenvalue weighted by Crippen LogP contribution is -2.43. The number of nitrogens with zero attached hydrogens (tertiary/aromatic N) is 8. The van der Waals surface area contributed by atoms with Crippen molar-refractivity contribution in [2.24, 2.45) is 14.1 Å². The first-order valence-corrected chi connectivity index (χ1v) is 6.63. The molecule has 3 aromatic rings. The molecule has 0 bridgehead atoms. The van der Waals surface area contributed by atoms with E-state index in [2.05, 4.69) is 30.9 Å². The monoisotopic (exact) mass is 329 g/mol. The van der Waals surface area contributed by atoms with Crippen LogP contribution in [0.3, 0.4) is 0 Å². The fraction of sp³-hybridized carbons (Fsp3) is 0.167. The lowest BCUT2D eigenvalue weighted by molar-refractivity contribution is 0.101. The summed E-state index contributed by atoms with van der Waals surface area (Å²) in [4.78, 5) is 40.9. The zero-order valence-electron chi connectivity index (χ0n) is 12.6. The van der Waals surface area contributed by atoms with Gasteiger partial charge in [0.05, 0.1) is 11.9 Å². The number of rotatable bonds is 3. The van der Waals surface area contributed by atoms with Crippen molar-refractivity contribution in [2.45, 2.75) is 0 Å². The fourth-order valence-corrected chi connectivity index (χ4v) is 1.93. The molecule has 1 amide bonds. The molecule has 3 rings (SSSR count). The van der Waals surface area contributed by atoms with Gasteiger partial charge < -0.3 is 0 Å². The van der Waals surface area contributed by atoms with Crippen molar-refractivity contribution in [1.82, 2.24) is 39.5 Å². The molecule has 0 aliphatic carbocycles. The third-order valence-corrected chi connectivity index (χ3v) is 3.09. The summed E-state index contributed by atoms with van der Waals surface area (Å²) in [6.07, 6.45) is 2.83. The highest BCUT2D eigenvalue weighted by atomic mass is 16.2. The maximum atomic E-state index is 12.5. The Morgan fingerprint density at radius 2 is 2.00 bits per heavy atom. The van der Waals surface area contributed by atoms with Crippen LogP contribution < -0.4 is 16.6 Å². The lowest BCUT2D eigenvalue weighted by Gasteiger charge is -2.08. The molecule has 24 heavy (non-hydrogen) atoms. The average molecular weight is 329 g/mol. The molecular weight excluding hydrogens is 318 g/mol. The number of amides is 1. The van der Waals surface area contributed by atoms with E-state index in [-0.39, 0.29) is 11.6 Å². The molecule has 3 heterocycles. The zero-order valence-corrected chi connectivity index (χ0v) is 12.6. The van der Waals surface area contributed by atoms with E-state index in [4.69, 9.17) is 0 Å². The van der Waals surface area contributed by atoms with E-state index in [0.717, 1.165) is 9.25 Å². The highest BCUT2D eigenvalue weighted by Gasteiger charge is 2.21. The predicted octanol–water partition coefficient (Wildman–Crippen LogP) is -1.90. The summed E-state index contributed by atoms with van der Waals surface area (Å²) in [7, 11) is 2.84. The van der Waals surface area contributed by atoms with E-state index in [1.165, 1.54) is 37.2 Å². The van der Waals surface area contributed by atoms with Gasteiger partial charge in [0.1, 0.15) is 0 Å². The minimum absolute atomic E-state index is 0.0305. The standard InChI is InChI=1S/C12H11N9O3/c1-19-11(15-17-18-19)14-9(22)8-10(23)21(12(24)20(2)16-8)7-4-3-5-13-6-7/h3-6H,1-2H3,(H,14,15,18,22). The van der Waals surface area contributed by atoms with Gasteiger partial charge in [0.15, 0.2) is 0 Å². The molecule has 0 fully saturated rings. The van der Waals surface area contributed by atoms with E-state index in [1.54, 1.807) is 6.07 Å². The largest absolute Gasteiger partial charge is 0.351 e. The summed E-state index contributed by atoms with van der Waals surface area (Å²) in [5, 5.41) is 16.6. The molecule has 0 aromatic carbocycles. The van der Waals surface area contributed by atoms with Gasteiger partial charge in [-0.05, 0) is 22.6 Å². The van der Waals surface area contributed by atoms with E-state index < -0.39 is 22.9 Å². The minimum Gasteiger partial charge on any atom is -0.288 e. The molecular formula is C12H11N9O3. The zero-order chi connectivity index (χ0) is 17.3. The first-order chi connectivity index (χ1) is 11.5. The molecule has 0 aliphatic rings. The number of aryl methyl sites for hydroxylation is 2. The van der Waals surface area contributed by atoms with Crippen LogP contribution in [0.1, 0.15) is 10.5 Å². The van der Waals surface area contributed by atoms with Gasteiger partial charge in [0, 0.05) is 20.3 Å². The maximum Gasteiger partial charge on any atom is 0.351 e. The number of aromatic nitrogens is 8. The SMILES string of the molecule is Cn1nnnc1NC(=O)c1nn(C)c(=O)n(-c2cccnc2)c1=O. The molecule has 0 radical (unpaired) electrons. The minimum atomic E-state index is -0.876. The van der Waals surface area contributed by atoms with E-state index >= 15 is 0 Å². The van der Waals surface area contributed by atoms with Gasteiger partial charge in [-0.3, -0.25) is 19.9 Å². The third kappa shape index (κ3) is 2.55.